The molecule has 0 bridgehead atoms. The topological polar surface area (TPSA) is 65.5 Å². The first-order valence-electron chi connectivity index (χ1n) is 7.27. The zero-order valence-electron chi connectivity index (χ0n) is 12.0. The molecule has 1 aliphatic rings. The van der Waals surface area contributed by atoms with E-state index in [1.807, 2.05) is 6.92 Å². The second kappa shape index (κ2) is 7.59. The van der Waals surface area contributed by atoms with Crippen LogP contribution in [0.25, 0.3) is 0 Å². The number of aromatic nitrogens is 1. The van der Waals surface area contributed by atoms with Crippen molar-refractivity contribution < 1.29 is 9.90 Å². The van der Waals surface area contributed by atoms with E-state index in [0.29, 0.717) is 13.1 Å². The number of unbranched alkanes of at least 4 members (excludes halogenated alkanes) is 1. The Morgan fingerprint density at radius 1 is 1.60 bits per heavy atom. The predicted octanol–water partition coefficient (Wildman–Crippen LogP) is 1.94. The van der Waals surface area contributed by atoms with Crippen LogP contribution in [0.15, 0.2) is 5.38 Å². The second-order valence-electron chi connectivity index (χ2n) is 5.31. The van der Waals surface area contributed by atoms with E-state index in [1.54, 1.807) is 16.2 Å². The number of carbonyl (C=O) groups excluding carboxylic acids is 1. The third-order valence-electron chi connectivity index (χ3n) is 3.44. The smallest absolute Gasteiger partial charge is 0.317 e. The number of rotatable bonds is 5. The number of nitrogens with zero attached hydrogens (tertiary/aromatic N) is 2. The molecule has 0 saturated carbocycles. The molecule has 0 spiro atoms. The van der Waals surface area contributed by atoms with Crippen LogP contribution in [-0.4, -0.2) is 46.8 Å². The molecule has 20 heavy (non-hydrogen) atoms. The van der Waals surface area contributed by atoms with Gasteiger partial charge in [0.15, 0.2) is 0 Å². The zero-order chi connectivity index (χ0) is 14.4. The van der Waals surface area contributed by atoms with Gasteiger partial charge in [-0.05, 0) is 39.0 Å². The lowest BCUT2D eigenvalue weighted by atomic mass is 10.1. The summed E-state index contributed by atoms with van der Waals surface area (Å²) in [6.45, 7) is 3.91. The average molecular weight is 297 g/mol. The Morgan fingerprint density at radius 3 is 3.15 bits per heavy atom. The quantitative estimate of drug-likeness (QED) is 0.816. The van der Waals surface area contributed by atoms with E-state index in [1.165, 1.54) is 5.01 Å². The van der Waals surface area contributed by atoms with Gasteiger partial charge in [0.25, 0.3) is 0 Å². The number of aliphatic hydroxyl groups excluding tert-OH is 1. The SMILES string of the molecule is Cc1csc(CCCCNC(=O)N2CCCC(O)C2)n1. The van der Waals surface area contributed by atoms with E-state index < -0.39 is 0 Å². The number of nitrogens with one attached hydrogen (secondary N) is 1. The number of aryl methyl sites for hydroxylation is 2. The van der Waals surface area contributed by atoms with Crippen LogP contribution < -0.4 is 5.32 Å². The first kappa shape index (κ1) is 15.3. The summed E-state index contributed by atoms with van der Waals surface area (Å²) in [7, 11) is 0. The van der Waals surface area contributed by atoms with Gasteiger partial charge in [0.1, 0.15) is 0 Å². The molecule has 1 unspecified atom stereocenters. The molecule has 1 aliphatic heterocycles. The van der Waals surface area contributed by atoms with E-state index >= 15 is 0 Å². The molecule has 1 atom stereocenters. The Bertz CT molecular complexity index is 436. The molecule has 2 amide bonds. The maximum Gasteiger partial charge on any atom is 0.317 e. The third kappa shape index (κ3) is 4.76. The number of hydrogen-bond donors (Lipinski definition) is 2. The number of carbonyl (C=O) groups is 1. The molecule has 2 heterocycles. The van der Waals surface area contributed by atoms with Crippen LogP contribution in [0.5, 0.6) is 0 Å². The fourth-order valence-electron chi connectivity index (χ4n) is 2.37. The number of urea groups is 1. The van der Waals surface area contributed by atoms with Gasteiger partial charge in [-0.25, -0.2) is 9.78 Å². The Morgan fingerprint density at radius 2 is 2.45 bits per heavy atom. The van der Waals surface area contributed by atoms with Crippen LogP contribution in [-0.2, 0) is 6.42 Å². The van der Waals surface area contributed by atoms with Crippen molar-refractivity contribution in [2.45, 2.75) is 45.1 Å². The summed E-state index contributed by atoms with van der Waals surface area (Å²) in [4.78, 5) is 18.0. The van der Waals surface area contributed by atoms with Crippen molar-refractivity contribution in [3.05, 3.63) is 16.1 Å². The molecule has 2 rings (SSSR count). The van der Waals surface area contributed by atoms with Crippen LogP contribution in [0, 0.1) is 6.92 Å². The minimum Gasteiger partial charge on any atom is -0.391 e. The van der Waals surface area contributed by atoms with E-state index in [4.69, 9.17) is 0 Å². The highest BCUT2D eigenvalue weighted by molar-refractivity contribution is 7.09. The first-order valence-corrected chi connectivity index (χ1v) is 8.15. The maximum absolute atomic E-state index is 11.9. The fraction of sp³-hybridized carbons (Fsp3) is 0.714. The number of piperidine rings is 1. The van der Waals surface area contributed by atoms with Gasteiger partial charge in [-0.1, -0.05) is 0 Å². The third-order valence-corrected chi connectivity index (χ3v) is 4.47. The van der Waals surface area contributed by atoms with E-state index in [0.717, 1.165) is 44.3 Å². The second-order valence-corrected chi connectivity index (χ2v) is 6.26. The Labute approximate surface area is 124 Å². The van der Waals surface area contributed by atoms with E-state index in [-0.39, 0.29) is 12.1 Å². The summed E-state index contributed by atoms with van der Waals surface area (Å²) in [5.74, 6) is 0. The molecule has 112 valence electrons. The number of β-amino-alcohol motifs (C(OH)–C–C–N with tert-alkyl or cyclic N) is 1. The first-order chi connectivity index (χ1) is 9.65. The molecule has 0 radical (unpaired) electrons. The van der Waals surface area contributed by atoms with Gasteiger partial charge in [-0.3, -0.25) is 0 Å². The molecule has 1 fully saturated rings. The van der Waals surface area contributed by atoms with Crippen molar-refractivity contribution in [2.24, 2.45) is 0 Å². The van der Waals surface area contributed by atoms with Gasteiger partial charge >= 0.3 is 6.03 Å². The predicted molar refractivity (Wildman–Crippen MR) is 80.0 cm³/mol. The number of amides is 2. The van der Waals surface area contributed by atoms with Crippen molar-refractivity contribution in [3.8, 4) is 0 Å². The van der Waals surface area contributed by atoms with Crippen LogP contribution in [0.4, 0.5) is 4.79 Å². The van der Waals surface area contributed by atoms with Gasteiger partial charge in [-0.15, -0.1) is 11.3 Å². The molecule has 6 heteroatoms. The molecule has 1 saturated heterocycles. The summed E-state index contributed by atoms with van der Waals surface area (Å²) in [5, 5.41) is 15.7. The molecular weight excluding hydrogens is 274 g/mol. The van der Waals surface area contributed by atoms with Gasteiger partial charge in [0.2, 0.25) is 0 Å². The normalized spacial score (nSPS) is 19.1. The number of hydrogen-bond acceptors (Lipinski definition) is 4. The van der Waals surface area contributed by atoms with Crippen molar-refractivity contribution in [1.29, 1.82) is 0 Å². The van der Waals surface area contributed by atoms with Crippen LogP contribution >= 0.6 is 11.3 Å². The fourth-order valence-corrected chi connectivity index (χ4v) is 3.18. The van der Waals surface area contributed by atoms with E-state index in [9.17, 15) is 9.90 Å². The van der Waals surface area contributed by atoms with Crippen molar-refractivity contribution >= 4 is 17.4 Å². The van der Waals surface area contributed by atoms with Crippen LogP contribution in [0.3, 0.4) is 0 Å². The summed E-state index contributed by atoms with van der Waals surface area (Å²) in [6.07, 6.45) is 4.31. The van der Waals surface area contributed by atoms with Crippen molar-refractivity contribution in [1.82, 2.24) is 15.2 Å². The molecular formula is C14H23N3O2S. The lowest BCUT2D eigenvalue weighted by Gasteiger charge is -2.30. The largest absolute Gasteiger partial charge is 0.391 e. The lowest BCUT2D eigenvalue weighted by Crippen LogP contribution is -2.47. The number of likely N-dealkylation sites (tertiary alicyclic amines) is 1. The zero-order valence-corrected chi connectivity index (χ0v) is 12.8. The van der Waals surface area contributed by atoms with Gasteiger partial charge in [-0.2, -0.15) is 0 Å². The van der Waals surface area contributed by atoms with Gasteiger partial charge in [0.05, 0.1) is 11.1 Å². The standard InChI is InChI=1S/C14H23N3O2S/c1-11-10-20-13(16-11)6-2-3-7-15-14(19)17-8-4-5-12(18)9-17/h10,12,18H,2-9H2,1H3,(H,15,19). The maximum atomic E-state index is 11.9. The molecule has 0 aromatic carbocycles. The summed E-state index contributed by atoms with van der Waals surface area (Å²) >= 11 is 1.70. The minimum absolute atomic E-state index is 0.0474. The Balaban J connectivity index is 1.57. The van der Waals surface area contributed by atoms with Crippen molar-refractivity contribution in [2.75, 3.05) is 19.6 Å². The molecule has 0 aliphatic carbocycles. The summed E-state index contributed by atoms with van der Waals surface area (Å²) in [6, 6.07) is -0.0474. The summed E-state index contributed by atoms with van der Waals surface area (Å²) < 4.78 is 0. The highest BCUT2D eigenvalue weighted by atomic mass is 32.1. The molecule has 1 aromatic heterocycles. The number of thiazole rings is 1. The summed E-state index contributed by atoms with van der Waals surface area (Å²) in [5.41, 5.74) is 1.09. The molecule has 2 N–H and O–H groups in total. The number of aliphatic hydroxyl groups is 1. The van der Waals surface area contributed by atoms with E-state index in [2.05, 4.69) is 15.7 Å². The minimum atomic E-state index is -0.359. The average Bonchev–Trinajstić information content (AvgIpc) is 2.84. The van der Waals surface area contributed by atoms with Crippen molar-refractivity contribution in [3.63, 3.8) is 0 Å². The van der Waals surface area contributed by atoms with Gasteiger partial charge < -0.3 is 15.3 Å². The Hall–Kier alpha value is -1.14. The monoisotopic (exact) mass is 297 g/mol. The Kier molecular flexibility index (Phi) is 5.79. The highest BCUT2D eigenvalue weighted by Gasteiger charge is 2.21. The highest BCUT2D eigenvalue weighted by Crippen LogP contribution is 2.12. The van der Waals surface area contributed by atoms with Crippen LogP contribution in [0.2, 0.25) is 0 Å². The van der Waals surface area contributed by atoms with Crippen LogP contribution in [0.1, 0.15) is 36.4 Å². The molecule has 5 nitrogen and oxygen atoms in total. The lowest BCUT2D eigenvalue weighted by molar-refractivity contribution is 0.0843. The molecule has 1 aromatic rings. The van der Waals surface area contributed by atoms with Gasteiger partial charge in [0, 0.05) is 30.7 Å².